The van der Waals surface area contributed by atoms with Gasteiger partial charge in [-0.05, 0) is 44.5 Å². The van der Waals surface area contributed by atoms with Gasteiger partial charge in [0.15, 0.2) is 11.6 Å². The molecular weight excluding hydrogens is 296 g/mol. The molecule has 0 fully saturated rings. The van der Waals surface area contributed by atoms with Crippen LogP contribution >= 0.6 is 11.3 Å². The molecule has 1 aromatic heterocycles. The average Bonchev–Trinajstić information content (AvgIpc) is 2.74. The summed E-state index contributed by atoms with van der Waals surface area (Å²) in [5.41, 5.74) is 0.293. The molecule has 1 aromatic carbocycles. The predicted octanol–water partition coefficient (Wildman–Crippen LogP) is 4.51. The van der Waals surface area contributed by atoms with Crippen molar-refractivity contribution in [2.45, 2.75) is 26.8 Å². The summed E-state index contributed by atoms with van der Waals surface area (Å²) in [6, 6.07) is 4.09. The lowest BCUT2D eigenvalue weighted by atomic mass is 10.1. The van der Waals surface area contributed by atoms with Gasteiger partial charge in [0.05, 0.1) is 11.3 Å². The number of hydrogen-bond acceptors (Lipinski definition) is 3. The monoisotopic (exact) mass is 311 g/mol. The number of carbonyl (C=O) groups is 1. The third kappa shape index (κ3) is 3.05. The molecule has 0 spiro atoms. The van der Waals surface area contributed by atoms with Crippen molar-refractivity contribution in [3.8, 4) is 0 Å². The molecule has 1 unspecified atom stereocenters. The number of hydrogen-bond donors (Lipinski definition) is 2. The minimum Gasteiger partial charge on any atom is -0.478 e. The van der Waals surface area contributed by atoms with Crippen LogP contribution in [0.25, 0.3) is 0 Å². The van der Waals surface area contributed by atoms with Crippen molar-refractivity contribution in [2.24, 2.45) is 0 Å². The summed E-state index contributed by atoms with van der Waals surface area (Å²) in [6.45, 7) is 5.79. The van der Waals surface area contributed by atoms with Gasteiger partial charge in [-0.15, -0.1) is 11.3 Å². The molecule has 112 valence electrons. The van der Waals surface area contributed by atoms with Crippen LogP contribution in [-0.4, -0.2) is 11.1 Å². The van der Waals surface area contributed by atoms with E-state index in [-0.39, 0.29) is 11.7 Å². The maximum atomic E-state index is 13.9. The molecule has 0 aliphatic rings. The SMILES string of the molecule is Cc1cc(C(C)Nc2ccc(C(=O)O)c(F)c2F)c(C)s1. The van der Waals surface area contributed by atoms with E-state index in [0.29, 0.717) is 0 Å². The Bertz CT molecular complexity index is 697. The molecule has 6 heteroatoms. The summed E-state index contributed by atoms with van der Waals surface area (Å²) < 4.78 is 27.6. The largest absolute Gasteiger partial charge is 0.478 e. The van der Waals surface area contributed by atoms with E-state index in [1.54, 1.807) is 11.3 Å². The van der Waals surface area contributed by atoms with Crippen LogP contribution in [0.4, 0.5) is 14.5 Å². The molecule has 21 heavy (non-hydrogen) atoms. The van der Waals surface area contributed by atoms with Crippen molar-refractivity contribution in [3.05, 3.63) is 50.7 Å². The highest BCUT2D eigenvalue weighted by Crippen LogP contribution is 2.30. The van der Waals surface area contributed by atoms with Crippen LogP contribution in [0.2, 0.25) is 0 Å². The van der Waals surface area contributed by atoms with Crippen LogP contribution in [0.1, 0.15) is 38.6 Å². The van der Waals surface area contributed by atoms with Crippen LogP contribution < -0.4 is 5.32 Å². The number of nitrogens with one attached hydrogen (secondary N) is 1. The van der Waals surface area contributed by atoms with Crippen LogP contribution in [-0.2, 0) is 0 Å². The number of aryl methyl sites for hydroxylation is 2. The van der Waals surface area contributed by atoms with E-state index in [1.165, 1.54) is 6.07 Å². The first-order valence-corrected chi connectivity index (χ1v) is 7.17. The van der Waals surface area contributed by atoms with E-state index in [4.69, 9.17) is 5.11 Å². The number of aromatic carboxylic acids is 1. The second-order valence-corrected chi connectivity index (χ2v) is 6.29. The second kappa shape index (κ2) is 5.81. The lowest BCUT2D eigenvalue weighted by molar-refractivity contribution is 0.0690. The Labute approximate surface area is 125 Å². The van der Waals surface area contributed by atoms with Gasteiger partial charge in [0.25, 0.3) is 0 Å². The second-order valence-electron chi connectivity index (χ2n) is 4.83. The highest BCUT2D eigenvalue weighted by atomic mass is 32.1. The molecule has 0 aliphatic carbocycles. The highest BCUT2D eigenvalue weighted by molar-refractivity contribution is 7.12. The van der Waals surface area contributed by atoms with E-state index >= 15 is 0 Å². The first kappa shape index (κ1) is 15.4. The average molecular weight is 311 g/mol. The number of benzene rings is 1. The van der Waals surface area contributed by atoms with E-state index in [2.05, 4.69) is 5.32 Å². The van der Waals surface area contributed by atoms with Crippen LogP contribution in [0, 0.1) is 25.5 Å². The first-order valence-electron chi connectivity index (χ1n) is 6.36. The van der Waals surface area contributed by atoms with Gasteiger partial charge in [0, 0.05) is 15.8 Å². The fourth-order valence-corrected chi connectivity index (χ4v) is 3.24. The highest BCUT2D eigenvalue weighted by Gasteiger charge is 2.20. The van der Waals surface area contributed by atoms with Gasteiger partial charge in [-0.25, -0.2) is 13.6 Å². The molecule has 0 amide bonds. The lowest BCUT2D eigenvalue weighted by Gasteiger charge is -2.16. The maximum Gasteiger partial charge on any atom is 0.338 e. The topological polar surface area (TPSA) is 49.3 Å². The Morgan fingerprint density at radius 2 is 1.95 bits per heavy atom. The predicted molar refractivity (Wildman–Crippen MR) is 79.1 cm³/mol. The zero-order valence-electron chi connectivity index (χ0n) is 11.8. The molecular formula is C15H15F2NO2S. The Morgan fingerprint density at radius 1 is 1.29 bits per heavy atom. The zero-order valence-corrected chi connectivity index (χ0v) is 12.6. The number of carboxylic acids is 1. The van der Waals surface area contributed by atoms with Gasteiger partial charge in [0.1, 0.15) is 0 Å². The number of halogens is 2. The van der Waals surface area contributed by atoms with Crippen molar-refractivity contribution in [1.29, 1.82) is 0 Å². The van der Waals surface area contributed by atoms with Crippen LogP contribution in [0.15, 0.2) is 18.2 Å². The number of thiophene rings is 1. The Hall–Kier alpha value is -1.95. The Kier molecular flexibility index (Phi) is 4.27. The van der Waals surface area contributed by atoms with Gasteiger partial charge in [-0.3, -0.25) is 0 Å². The summed E-state index contributed by atoms with van der Waals surface area (Å²) in [4.78, 5) is 13.0. The molecule has 1 atom stereocenters. The summed E-state index contributed by atoms with van der Waals surface area (Å²) >= 11 is 1.64. The van der Waals surface area contributed by atoms with Gasteiger partial charge in [-0.2, -0.15) is 0 Å². The fourth-order valence-electron chi connectivity index (χ4n) is 2.22. The van der Waals surface area contributed by atoms with Crippen LogP contribution in [0.3, 0.4) is 0 Å². The number of rotatable bonds is 4. The fraction of sp³-hybridized carbons (Fsp3) is 0.267. The third-order valence-electron chi connectivity index (χ3n) is 3.23. The molecule has 2 rings (SSSR count). The van der Waals surface area contributed by atoms with Gasteiger partial charge >= 0.3 is 5.97 Å². The number of anilines is 1. The van der Waals surface area contributed by atoms with E-state index < -0.39 is 23.2 Å². The lowest BCUT2D eigenvalue weighted by Crippen LogP contribution is -2.11. The first-order chi connectivity index (χ1) is 9.81. The van der Waals surface area contributed by atoms with E-state index in [9.17, 15) is 13.6 Å². The van der Waals surface area contributed by atoms with Crippen LogP contribution in [0.5, 0.6) is 0 Å². The zero-order chi connectivity index (χ0) is 15.7. The normalized spacial score (nSPS) is 12.2. The third-order valence-corrected chi connectivity index (χ3v) is 4.21. The number of carboxylic acid groups (broad SMARTS) is 1. The quantitative estimate of drug-likeness (QED) is 0.873. The summed E-state index contributed by atoms with van der Waals surface area (Å²) in [7, 11) is 0. The molecule has 2 aromatic rings. The molecule has 0 bridgehead atoms. The maximum absolute atomic E-state index is 13.9. The Balaban J connectivity index is 2.30. The molecule has 2 N–H and O–H groups in total. The smallest absolute Gasteiger partial charge is 0.338 e. The molecule has 3 nitrogen and oxygen atoms in total. The van der Waals surface area contributed by atoms with Crippen molar-refractivity contribution >= 4 is 23.0 Å². The molecule has 1 heterocycles. The summed E-state index contributed by atoms with van der Waals surface area (Å²) in [5.74, 6) is -4.01. The minimum atomic E-state index is -1.49. The molecule has 0 saturated carbocycles. The Morgan fingerprint density at radius 3 is 2.48 bits per heavy atom. The minimum absolute atomic E-state index is 0.0479. The van der Waals surface area contributed by atoms with E-state index in [1.807, 2.05) is 26.8 Å². The molecule has 0 saturated heterocycles. The van der Waals surface area contributed by atoms with E-state index in [0.717, 1.165) is 21.4 Å². The van der Waals surface area contributed by atoms with Gasteiger partial charge in [0.2, 0.25) is 0 Å². The summed E-state index contributed by atoms with van der Waals surface area (Å²) in [5, 5.41) is 11.6. The van der Waals surface area contributed by atoms with Crippen molar-refractivity contribution in [2.75, 3.05) is 5.32 Å². The van der Waals surface area contributed by atoms with Crippen molar-refractivity contribution < 1.29 is 18.7 Å². The standard InChI is InChI=1S/C15H15F2NO2S/c1-7-6-11(9(3)21-7)8(2)18-12-5-4-10(15(19)20)13(16)14(12)17/h4-6,8,18H,1-3H3,(H,19,20). The summed E-state index contributed by atoms with van der Waals surface area (Å²) in [6.07, 6.45) is 0. The van der Waals surface area contributed by atoms with Crippen molar-refractivity contribution in [3.63, 3.8) is 0 Å². The van der Waals surface area contributed by atoms with Crippen molar-refractivity contribution in [1.82, 2.24) is 0 Å². The van der Waals surface area contributed by atoms with Gasteiger partial charge in [-0.1, -0.05) is 0 Å². The molecule has 0 aliphatic heterocycles. The van der Waals surface area contributed by atoms with Gasteiger partial charge < -0.3 is 10.4 Å². The molecule has 0 radical (unpaired) electrons.